The minimum absolute atomic E-state index is 0.191. The molecule has 1 fully saturated rings. The number of aliphatic hydroxyl groups is 5. The molecule has 7 atom stereocenters. The predicted octanol–water partition coefficient (Wildman–Crippen LogP) is 5.99. The molecule has 0 aromatic rings. The Morgan fingerprint density at radius 3 is 1.78 bits per heavy atom. The standard InChI is InChI=1S/C37H69NO8/c1-3-5-7-9-11-13-15-16-17-19-21-23-25-27-33(41)38-30(29-45-37-36(44)35(43)34(42)32(28-39)46-37)31(40)26-24-22-20-18-14-12-10-8-6-4-2/h13,15,24,26,30-32,34-37,39-40,42-44H,3-12,14,16-23,25,27-29H2,1-2H3,(H,38,41)/b15-13+,26-24+/t30-,31+,32-,34-,35?,36?,37-/m0/s1. The lowest BCUT2D eigenvalue weighted by Crippen LogP contribution is -2.60. The summed E-state index contributed by atoms with van der Waals surface area (Å²) in [6.07, 6.45) is 23.6. The maximum absolute atomic E-state index is 12.8. The van der Waals surface area contributed by atoms with Crippen LogP contribution in [0.4, 0.5) is 0 Å². The highest BCUT2D eigenvalue weighted by molar-refractivity contribution is 5.76. The van der Waals surface area contributed by atoms with Gasteiger partial charge in [-0.3, -0.25) is 4.79 Å². The van der Waals surface area contributed by atoms with Crippen molar-refractivity contribution in [1.29, 1.82) is 0 Å². The molecule has 2 unspecified atom stereocenters. The van der Waals surface area contributed by atoms with Gasteiger partial charge in [0.05, 0.1) is 25.4 Å². The number of unbranched alkanes of at least 4 members (excludes halogenated alkanes) is 17. The van der Waals surface area contributed by atoms with Crippen LogP contribution in [0.25, 0.3) is 0 Å². The first-order valence-corrected chi connectivity index (χ1v) is 18.6. The van der Waals surface area contributed by atoms with Crippen molar-refractivity contribution < 1.29 is 39.8 Å². The molecular formula is C37H69NO8. The van der Waals surface area contributed by atoms with Gasteiger partial charge in [-0.25, -0.2) is 0 Å². The fourth-order valence-electron chi connectivity index (χ4n) is 5.68. The third-order valence-electron chi connectivity index (χ3n) is 8.77. The van der Waals surface area contributed by atoms with Gasteiger partial charge in [0.25, 0.3) is 0 Å². The number of nitrogens with one attached hydrogen (secondary N) is 1. The zero-order chi connectivity index (χ0) is 33.8. The molecule has 0 aliphatic carbocycles. The average Bonchev–Trinajstić information content (AvgIpc) is 3.05. The fraction of sp³-hybridized carbons (Fsp3) is 0.865. The van der Waals surface area contributed by atoms with Crippen molar-refractivity contribution in [3.8, 4) is 0 Å². The van der Waals surface area contributed by atoms with Crippen LogP contribution in [0.2, 0.25) is 0 Å². The molecule has 1 amide bonds. The molecule has 6 N–H and O–H groups in total. The van der Waals surface area contributed by atoms with Gasteiger partial charge < -0.3 is 40.3 Å². The SMILES string of the molecule is CCCCCC/C=C/CCCCCCCC(=O)N[C@@H](CO[C@H]1O[C@@H](CO)[C@H](O)C(O)C1O)[C@H](O)/C=C/CCCCCCCCCC. The van der Waals surface area contributed by atoms with Crippen molar-refractivity contribution in [3.05, 3.63) is 24.3 Å². The first-order valence-electron chi connectivity index (χ1n) is 18.6. The van der Waals surface area contributed by atoms with E-state index in [1.54, 1.807) is 6.08 Å². The Kier molecular flexibility index (Phi) is 26.6. The second-order valence-electron chi connectivity index (χ2n) is 13.0. The number of rotatable bonds is 29. The summed E-state index contributed by atoms with van der Waals surface area (Å²) in [5, 5.41) is 53.7. The lowest BCUT2D eigenvalue weighted by molar-refractivity contribution is -0.302. The summed E-state index contributed by atoms with van der Waals surface area (Å²) in [6.45, 7) is 3.69. The lowest BCUT2D eigenvalue weighted by atomic mass is 9.99. The Hall–Kier alpha value is -1.33. The monoisotopic (exact) mass is 656 g/mol. The molecule has 0 bridgehead atoms. The van der Waals surface area contributed by atoms with E-state index in [1.165, 1.54) is 70.6 Å². The van der Waals surface area contributed by atoms with Crippen molar-refractivity contribution in [2.45, 2.75) is 192 Å². The summed E-state index contributed by atoms with van der Waals surface area (Å²) in [4.78, 5) is 12.8. The second kappa shape index (κ2) is 28.7. The predicted molar refractivity (Wildman–Crippen MR) is 184 cm³/mol. The van der Waals surface area contributed by atoms with Crippen LogP contribution in [-0.4, -0.2) is 87.5 Å². The minimum atomic E-state index is -1.56. The van der Waals surface area contributed by atoms with E-state index >= 15 is 0 Å². The van der Waals surface area contributed by atoms with E-state index in [2.05, 4.69) is 31.3 Å². The molecule has 46 heavy (non-hydrogen) atoms. The molecule has 270 valence electrons. The minimum Gasteiger partial charge on any atom is -0.394 e. The third-order valence-corrected chi connectivity index (χ3v) is 8.77. The molecule has 0 spiro atoms. The normalized spacial score (nSPS) is 23.3. The Labute approximate surface area is 279 Å². The van der Waals surface area contributed by atoms with E-state index in [-0.39, 0.29) is 12.5 Å². The molecule has 9 heteroatoms. The van der Waals surface area contributed by atoms with E-state index < -0.39 is 49.5 Å². The number of hydrogen-bond acceptors (Lipinski definition) is 8. The number of amides is 1. The number of hydrogen-bond donors (Lipinski definition) is 6. The van der Waals surface area contributed by atoms with Gasteiger partial charge in [-0.05, 0) is 44.9 Å². The summed E-state index contributed by atoms with van der Waals surface area (Å²) in [6, 6.07) is -0.802. The van der Waals surface area contributed by atoms with Gasteiger partial charge in [-0.1, -0.05) is 122 Å². The summed E-state index contributed by atoms with van der Waals surface area (Å²) in [5.74, 6) is -0.191. The number of allylic oxidation sites excluding steroid dienone is 3. The molecule has 1 aliphatic heterocycles. The van der Waals surface area contributed by atoms with Crippen LogP contribution in [0.3, 0.4) is 0 Å². The van der Waals surface area contributed by atoms with Gasteiger partial charge in [-0.2, -0.15) is 0 Å². The Bertz CT molecular complexity index is 776. The summed E-state index contributed by atoms with van der Waals surface area (Å²) in [7, 11) is 0. The van der Waals surface area contributed by atoms with E-state index in [0.29, 0.717) is 6.42 Å². The van der Waals surface area contributed by atoms with Crippen molar-refractivity contribution in [1.82, 2.24) is 5.32 Å². The van der Waals surface area contributed by atoms with Crippen molar-refractivity contribution in [2.24, 2.45) is 0 Å². The van der Waals surface area contributed by atoms with E-state index in [4.69, 9.17) is 9.47 Å². The maximum Gasteiger partial charge on any atom is 0.220 e. The Morgan fingerprint density at radius 1 is 0.717 bits per heavy atom. The van der Waals surface area contributed by atoms with E-state index in [9.17, 15) is 30.3 Å². The molecule has 0 saturated carbocycles. The van der Waals surface area contributed by atoms with Crippen molar-refractivity contribution >= 4 is 5.91 Å². The third kappa shape index (κ3) is 20.1. The summed E-state index contributed by atoms with van der Waals surface area (Å²) < 4.78 is 11.1. The number of carbonyl (C=O) groups is 1. The van der Waals surface area contributed by atoms with Crippen molar-refractivity contribution in [2.75, 3.05) is 13.2 Å². The Balaban J connectivity index is 2.48. The van der Waals surface area contributed by atoms with Crippen LogP contribution < -0.4 is 5.32 Å². The number of aliphatic hydroxyl groups excluding tert-OH is 5. The van der Waals surface area contributed by atoms with E-state index in [1.807, 2.05) is 6.08 Å². The first-order chi connectivity index (χ1) is 22.3. The molecule has 0 radical (unpaired) electrons. The summed E-state index contributed by atoms with van der Waals surface area (Å²) >= 11 is 0. The van der Waals surface area contributed by atoms with Gasteiger partial charge in [-0.15, -0.1) is 0 Å². The molecule has 1 heterocycles. The highest BCUT2D eigenvalue weighted by Gasteiger charge is 2.44. The van der Waals surface area contributed by atoms with Crippen LogP contribution in [0, 0.1) is 0 Å². The zero-order valence-corrected chi connectivity index (χ0v) is 29.1. The van der Waals surface area contributed by atoms with Gasteiger partial charge in [0.15, 0.2) is 6.29 Å². The van der Waals surface area contributed by atoms with Crippen LogP contribution in [0.15, 0.2) is 24.3 Å². The summed E-state index contributed by atoms with van der Waals surface area (Å²) in [5.41, 5.74) is 0. The van der Waals surface area contributed by atoms with Crippen molar-refractivity contribution in [3.63, 3.8) is 0 Å². The Morgan fingerprint density at radius 2 is 1.22 bits per heavy atom. The second-order valence-corrected chi connectivity index (χ2v) is 13.0. The lowest BCUT2D eigenvalue weighted by Gasteiger charge is -2.40. The van der Waals surface area contributed by atoms with Gasteiger partial charge in [0.2, 0.25) is 5.91 Å². The molecule has 0 aromatic heterocycles. The molecule has 9 nitrogen and oxygen atoms in total. The molecule has 1 aliphatic rings. The highest BCUT2D eigenvalue weighted by atomic mass is 16.7. The van der Waals surface area contributed by atoms with Crippen LogP contribution in [0.1, 0.15) is 149 Å². The first kappa shape index (κ1) is 42.7. The maximum atomic E-state index is 12.8. The van der Waals surface area contributed by atoms with Crippen LogP contribution in [0.5, 0.6) is 0 Å². The van der Waals surface area contributed by atoms with Gasteiger partial charge in [0.1, 0.15) is 24.4 Å². The topological polar surface area (TPSA) is 149 Å². The smallest absolute Gasteiger partial charge is 0.220 e. The molecular weight excluding hydrogens is 586 g/mol. The fourth-order valence-corrected chi connectivity index (χ4v) is 5.68. The average molecular weight is 656 g/mol. The largest absolute Gasteiger partial charge is 0.394 e. The van der Waals surface area contributed by atoms with Gasteiger partial charge in [0, 0.05) is 6.42 Å². The molecule has 0 aromatic carbocycles. The van der Waals surface area contributed by atoms with Crippen LogP contribution in [-0.2, 0) is 14.3 Å². The quantitative estimate of drug-likeness (QED) is 0.0425. The van der Waals surface area contributed by atoms with E-state index in [0.717, 1.165) is 57.8 Å². The van der Waals surface area contributed by atoms with Crippen LogP contribution >= 0.6 is 0 Å². The molecule has 1 saturated heterocycles. The van der Waals surface area contributed by atoms with Gasteiger partial charge >= 0.3 is 0 Å². The highest BCUT2D eigenvalue weighted by Crippen LogP contribution is 2.22. The molecule has 1 rings (SSSR count). The zero-order valence-electron chi connectivity index (χ0n) is 29.1. The number of ether oxygens (including phenoxy) is 2. The number of carbonyl (C=O) groups excluding carboxylic acids is 1.